The van der Waals surface area contributed by atoms with Gasteiger partial charge in [0.1, 0.15) is 5.75 Å². The zero-order chi connectivity index (χ0) is 13.9. The van der Waals surface area contributed by atoms with Gasteiger partial charge in [-0.1, -0.05) is 62.1 Å². The van der Waals surface area contributed by atoms with E-state index in [0.29, 0.717) is 5.54 Å². The topological polar surface area (TPSA) is 9.23 Å². The maximum absolute atomic E-state index is 5.25. The molecule has 0 fully saturated rings. The van der Waals surface area contributed by atoms with Crippen molar-refractivity contribution in [1.82, 2.24) is 0 Å². The molecule has 0 bridgehead atoms. The Hall–Kier alpha value is -1.54. The van der Waals surface area contributed by atoms with Crippen LogP contribution >= 0.6 is 0 Å². The number of hydrogen-bond donors (Lipinski definition) is 0. The summed E-state index contributed by atoms with van der Waals surface area (Å²) in [5, 5.41) is 0. The van der Waals surface area contributed by atoms with Crippen molar-refractivity contribution in [2.24, 2.45) is 0 Å². The summed E-state index contributed by atoms with van der Waals surface area (Å²) < 4.78 is 5.25. The van der Waals surface area contributed by atoms with Gasteiger partial charge < -0.3 is 4.74 Å². The fourth-order valence-corrected chi connectivity index (χ4v) is 5.02. The van der Waals surface area contributed by atoms with Crippen LogP contribution in [0.1, 0.15) is 16.7 Å². The Kier molecular flexibility index (Phi) is 4.10. The molecule has 100 valence electrons. The van der Waals surface area contributed by atoms with Crippen LogP contribution in [0.2, 0.25) is 19.6 Å². The highest BCUT2D eigenvalue weighted by Gasteiger charge is 2.29. The smallest absolute Gasteiger partial charge is 0.118 e. The van der Waals surface area contributed by atoms with Gasteiger partial charge in [-0.3, -0.25) is 0 Å². The van der Waals surface area contributed by atoms with Crippen LogP contribution in [0.15, 0.2) is 54.6 Å². The lowest BCUT2D eigenvalue weighted by molar-refractivity contribution is 0.414. The van der Waals surface area contributed by atoms with E-state index in [2.05, 4.69) is 74.2 Å². The predicted octanol–water partition coefficient (Wildman–Crippen LogP) is 4.70. The Bertz CT molecular complexity index is 511. The van der Waals surface area contributed by atoms with E-state index in [1.165, 1.54) is 11.1 Å². The van der Waals surface area contributed by atoms with Gasteiger partial charge in [0.05, 0.1) is 15.2 Å². The van der Waals surface area contributed by atoms with Gasteiger partial charge in [-0.05, 0) is 23.3 Å². The number of benzene rings is 2. The van der Waals surface area contributed by atoms with Crippen LogP contribution in [0, 0.1) is 0 Å². The average molecular weight is 270 g/mol. The van der Waals surface area contributed by atoms with Crippen molar-refractivity contribution in [2.45, 2.75) is 25.2 Å². The highest BCUT2D eigenvalue weighted by molar-refractivity contribution is 6.78. The van der Waals surface area contributed by atoms with E-state index in [0.717, 1.165) is 5.75 Å². The van der Waals surface area contributed by atoms with Gasteiger partial charge in [0.15, 0.2) is 0 Å². The van der Waals surface area contributed by atoms with Gasteiger partial charge in [0, 0.05) is 5.54 Å². The van der Waals surface area contributed by atoms with Crippen molar-refractivity contribution in [1.29, 1.82) is 0 Å². The van der Waals surface area contributed by atoms with E-state index in [9.17, 15) is 0 Å². The third kappa shape index (κ3) is 3.27. The molecule has 2 aromatic rings. The molecule has 0 saturated carbocycles. The normalized spacial score (nSPS) is 13.1. The predicted molar refractivity (Wildman–Crippen MR) is 84.6 cm³/mol. The number of methoxy groups -OCH3 is 1. The average Bonchev–Trinajstić information content (AvgIpc) is 2.39. The fourth-order valence-electron chi connectivity index (χ4n) is 2.63. The summed E-state index contributed by atoms with van der Waals surface area (Å²) in [4.78, 5) is 0. The molecule has 0 aromatic heterocycles. The Balaban J connectivity index is 2.43. The second kappa shape index (κ2) is 5.62. The molecule has 1 unspecified atom stereocenters. The van der Waals surface area contributed by atoms with E-state index in [1.807, 2.05) is 0 Å². The first-order valence-electron chi connectivity index (χ1n) is 6.71. The third-order valence-electron chi connectivity index (χ3n) is 3.45. The van der Waals surface area contributed by atoms with Crippen molar-refractivity contribution in [3.63, 3.8) is 0 Å². The first-order valence-corrected chi connectivity index (χ1v) is 10.3. The van der Waals surface area contributed by atoms with Crippen molar-refractivity contribution >= 4 is 8.07 Å². The second-order valence-corrected chi connectivity index (χ2v) is 11.3. The molecule has 0 aliphatic rings. The molecule has 0 N–H and O–H groups in total. The lowest BCUT2D eigenvalue weighted by atomic mass is 10.0. The number of rotatable bonds is 4. The molecular weight excluding hydrogens is 248 g/mol. The van der Waals surface area contributed by atoms with E-state index in [-0.39, 0.29) is 0 Å². The van der Waals surface area contributed by atoms with E-state index >= 15 is 0 Å². The monoisotopic (exact) mass is 270 g/mol. The Morgan fingerprint density at radius 3 is 1.79 bits per heavy atom. The van der Waals surface area contributed by atoms with Gasteiger partial charge >= 0.3 is 0 Å². The summed E-state index contributed by atoms with van der Waals surface area (Å²) in [6.45, 7) is 7.28. The standard InChI is InChI=1S/C17H22OSi/c1-18-16-12-10-15(11-13-16)17(19(2,3)4)14-8-6-5-7-9-14/h5-13,17H,1-4H3. The van der Waals surface area contributed by atoms with Gasteiger partial charge in [-0.2, -0.15) is 0 Å². The molecule has 2 rings (SSSR count). The Labute approximate surface area is 117 Å². The summed E-state index contributed by atoms with van der Waals surface area (Å²) in [5.41, 5.74) is 3.35. The molecule has 0 saturated heterocycles. The maximum atomic E-state index is 5.25. The van der Waals surface area contributed by atoms with Crippen molar-refractivity contribution in [2.75, 3.05) is 7.11 Å². The lowest BCUT2D eigenvalue weighted by Crippen LogP contribution is -2.31. The largest absolute Gasteiger partial charge is 0.497 e. The van der Waals surface area contributed by atoms with Gasteiger partial charge in [-0.15, -0.1) is 0 Å². The highest BCUT2D eigenvalue weighted by Crippen LogP contribution is 2.34. The minimum absolute atomic E-state index is 0.527. The molecule has 2 aromatic carbocycles. The molecule has 0 aliphatic heterocycles. The molecule has 0 radical (unpaired) electrons. The second-order valence-electron chi connectivity index (χ2n) is 5.98. The maximum Gasteiger partial charge on any atom is 0.118 e. The summed E-state index contributed by atoms with van der Waals surface area (Å²) >= 11 is 0. The van der Waals surface area contributed by atoms with Gasteiger partial charge in [-0.25, -0.2) is 0 Å². The molecule has 2 heteroatoms. The molecule has 0 aliphatic carbocycles. The molecule has 0 spiro atoms. The fraction of sp³-hybridized carbons (Fsp3) is 0.294. The van der Waals surface area contributed by atoms with Gasteiger partial charge in [0.2, 0.25) is 0 Å². The molecule has 1 atom stereocenters. The van der Waals surface area contributed by atoms with Crippen LogP contribution in [0.5, 0.6) is 5.75 Å². The van der Waals surface area contributed by atoms with Gasteiger partial charge in [0.25, 0.3) is 0 Å². The SMILES string of the molecule is COc1ccc(C(c2ccccc2)[Si](C)(C)C)cc1. The van der Waals surface area contributed by atoms with Crippen LogP contribution in [-0.2, 0) is 0 Å². The summed E-state index contributed by atoms with van der Waals surface area (Å²) in [6.07, 6.45) is 0. The highest BCUT2D eigenvalue weighted by atomic mass is 28.3. The van der Waals surface area contributed by atoms with Crippen LogP contribution in [0.4, 0.5) is 0 Å². The van der Waals surface area contributed by atoms with Crippen molar-refractivity contribution in [3.05, 3.63) is 65.7 Å². The van der Waals surface area contributed by atoms with E-state index in [4.69, 9.17) is 4.74 Å². The van der Waals surface area contributed by atoms with Crippen LogP contribution < -0.4 is 4.74 Å². The first-order chi connectivity index (χ1) is 9.02. The van der Waals surface area contributed by atoms with Crippen LogP contribution in [0.25, 0.3) is 0 Å². The van der Waals surface area contributed by atoms with Crippen LogP contribution in [0.3, 0.4) is 0 Å². The minimum atomic E-state index is -1.34. The Morgan fingerprint density at radius 2 is 1.32 bits per heavy atom. The number of ether oxygens (including phenoxy) is 1. The zero-order valence-corrected chi connectivity index (χ0v) is 13.2. The summed E-state index contributed by atoms with van der Waals surface area (Å²) in [5.74, 6) is 0.922. The quantitative estimate of drug-likeness (QED) is 0.731. The van der Waals surface area contributed by atoms with Crippen LogP contribution in [-0.4, -0.2) is 15.2 Å². The summed E-state index contributed by atoms with van der Waals surface area (Å²) in [7, 11) is 0.374. The van der Waals surface area contributed by atoms with E-state index in [1.54, 1.807) is 7.11 Å². The summed E-state index contributed by atoms with van der Waals surface area (Å²) in [6, 6.07) is 19.4. The Morgan fingerprint density at radius 1 is 0.789 bits per heavy atom. The molecule has 0 amide bonds. The zero-order valence-electron chi connectivity index (χ0n) is 12.2. The van der Waals surface area contributed by atoms with Crippen molar-refractivity contribution < 1.29 is 4.74 Å². The third-order valence-corrected chi connectivity index (χ3v) is 5.85. The first kappa shape index (κ1) is 13.9. The molecule has 1 nitrogen and oxygen atoms in total. The molecule has 19 heavy (non-hydrogen) atoms. The number of hydrogen-bond acceptors (Lipinski definition) is 1. The molecule has 0 heterocycles. The lowest BCUT2D eigenvalue weighted by Gasteiger charge is -2.30. The minimum Gasteiger partial charge on any atom is -0.497 e. The van der Waals surface area contributed by atoms with E-state index < -0.39 is 8.07 Å². The molecular formula is C17H22OSi. The van der Waals surface area contributed by atoms with Crippen molar-refractivity contribution in [3.8, 4) is 5.75 Å².